The third kappa shape index (κ3) is 5.48. The van der Waals surface area contributed by atoms with Crippen LogP contribution in [0.1, 0.15) is 146 Å². The van der Waals surface area contributed by atoms with E-state index in [2.05, 4.69) is 62.3 Å². The lowest BCUT2D eigenvalue weighted by Gasteiger charge is -2.72. The van der Waals surface area contributed by atoms with Gasteiger partial charge in [-0.25, -0.2) is 0 Å². The molecule has 14 unspecified atom stereocenters. The van der Waals surface area contributed by atoms with Gasteiger partial charge in [0, 0.05) is 11.3 Å². The molecule has 0 bridgehead atoms. The highest BCUT2D eigenvalue weighted by Gasteiger charge is 2.70. The summed E-state index contributed by atoms with van der Waals surface area (Å²) >= 11 is 0. The third-order valence-electron chi connectivity index (χ3n) is 15.5. The van der Waals surface area contributed by atoms with Crippen LogP contribution in [0.15, 0.2) is 0 Å². The lowest BCUT2D eigenvalue weighted by molar-refractivity contribution is -0.280. The van der Waals surface area contributed by atoms with Crippen molar-refractivity contribution in [3.63, 3.8) is 0 Å². The molecule has 0 radical (unpaired) electrons. The molecule has 0 aliphatic heterocycles. The van der Waals surface area contributed by atoms with Gasteiger partial charge in [-0.3, -0.25) is 0 Å². The first-order valence-electron chi connectivity index (χ1n) is 18.5. The molecule has 0 spiro atoms. The van der Waals surface area contributed by atoms with Crippen molar-refractivity contribution in [1.29, 1.82) is 0 Å². The Morgan fingerprint density at radius 1 is 0.833 bits per heavy atom. The SMILES string of the molecule is CC(O)C1C(C)CC2(C)CC3(C)CC4C(C5CCC(CCCC(C)(C)C)CC5)CCC(C)C4C(O)C3C(C)C2(C)C1O. The second kappa shape index (κ2) is 11.6. The number of aliphatic hydroxyl groups excluding tert-OH is 3. The molecule has 5 rings (SSSR count). The van der Waals surface area contributed by atoms with E-state index in [9.17, 15) is 15.3 Å². The molecule has 5 fully saturated rings. The van der Waals surface area contributed by atoms with Crippen molar-refractivity contribution >= 4 is 0 Å². The van der Waals surface area contributed by atoms with Gasteiger partial charge in [0.1, 0.15) is 0 Å². The van der Waals surface area contributed by atoms with Crippen molar-refractivity contribution < 1.29 is 15.3 Å². The van der Waals surface area contributed by atoms with Crippen LogP contribution in [0.5, 0.6) is 0 Å². The quantitative estimate of drug-likeness (QED) is 0.301. The molecule has 0 aromatic carbocycles. The largest absolute Gasteiger partial charge is 0.393 e. The topological polar surface area (TPSA) is 60.7 Å². The molecule has 5 saturated carbocycles. The molecule has 5 aliphatic rings. The van der Waals surface area contributed by atoms with Crippen molar-refractivity contribution in [3.05, 3.63) is 0 Å². The fourth-order valence-electron chi connectivity index (χ4n) is 13.5. The number of aliphatic hydroxyl groups is 3. The maximum Gasteiger partial charge on any atom is 0.0656 e. The van der Waals surface area contributed by atoms with Crippen LogP contribution in [0.25, 0.3) is 0 Å². The molecule has 0 amide bonds. The summed E-state index contributed by atoms with van der Waals surface area (Å²) in [5.41, 5.74) is 0.265. The van der Waals surface area contributed by atoms with Crippen LogP contribution in [0.2, 0.25) is 0 Å². The van der Waals surface area contributed by atoms with Crippen LogP contribution in [0, 0.1) is 80.8 Å². The summed E-state index contributed by atoms with van der Waals surface area (Å²) in [5, 5.41) is 35.3. The summed E-state index contributed by atoms with van der Waals surface area (Å²) in [6.07, 6.45) is 14.6. The van der Waals surface area contributed by atoms with E-state index in [1.165, 1.54) is 64.2 Å². The zero-order valence-electron chi connectivity index (χ0n) is 29.3. The van der Waals surface area contributed by atoms with E-state index in [0.717, 1.165) is 30.6 Å². The Morgan fingerprint density at radius 2 is 1.48 bits per heavy atom. The number of rotatable bonds is 5. The van der Waals surface area contributed by atoms with E-state index in [1.807, 2.05) is 6.92 Å². The van der Waals surface area contributed by atoms with Gasteiger partial charge in [-0.15, -0.1) is 0 Å². The van der Waals surface area contributed by atoms with Gasteiger partial charge in [0.15, 0.2) is 0 Å². The van der Waals surface area contributed by atoms with Gasteiger partial charge in [0.2, 0.25) is 0 Å². The highest BCUT2D eigenvalue weighted by atomic mass is 16.3. The van der Waals surface area contributed by atoms with Crippen LogP contribution in [-0.4, -0.2) is 33.6 Å². The Morgan fingerprint density at radius 3 is 2.07 bits per heavy atom. The third-order valence-corrected chi connectivity index (χ3v) is 15.5. The van der Waals surface area contributed by atoms with E-state index < -0.39 is 12.2 Å². The smallest absolute Gasteiger partial charge is 0.0656 e. The van der Waals surface area contributed by atoms with E-state index >= 15 is 0 Å². The minimum Gasteiger partial charge on any atom is -0.393 e. The molecule has 3 nitrogen and oxygen atoms in total. The molecule has 14 atom stereocenters. The second-order valence-electron chi connectivity index (χ2n) is 19.3. The normalized spacial score (nSPS) is 53.9. The van der Waals surface area contributed by atoms with Crippen LogP contribution < -0.4 is 0 Å². The number of fused-ring (bicyclic) bond motifs is 3. The van der Waals surface area contributed by atoms with Crippen LogP contribution >= 0.6 is 0 Å². The first-order chi connectivity index (χ1) is 19.4. The summed E-state index contributed by atoms with van der Waals surface area (Å²) < 4.78 is 0. The first-order valence-corrected chi connectivity index (χ1v) is 18.5. The minimum absolute atomic E-state index is 0.00927. The van der Waals surface area contributed by atoms with Gasteiger partial charge in [-0.05, 0) is 121 Å². The molecule has 0 aromatic heterocycles. The average Bonchev–Trinajstić information content (AvgIpc) is 2.86. The van der Waals surface area contributed by atoms with Gasteiger partial charge in [-0.1, -0.05) is 94.4 Å². The van der Waals surface area contributed by atoms with Crippen molar-refractivity contribution in [2.45, 2.75) is 165 Å². The molecule has 3 N–H and O–H groups in total. The first kappa shape index (κ1) is 33.2. The number of hydrogen-bond donors (Lipinski definition) is 3. The lowest BCUT2D eigenvalue weighted by Crippen LogP contribution is -2.70. The van der Waals surface area contributed by atoms with Crippen molar-refractivity contribution in [2.24, 2.45) is 80.8 Å². The van der Waals surface area contributed by atoms with Crippen molar-refractivity contribution in [2.75, 3.05) is 0 Å². The van der Waals surface area contributed by atoms with Gasteiger partial charge in [0.25, 0.3) is 0 Å². The molecule has 3 heteroatoms. The van der Waals surface area contributed by atoms with E-state index in [4.69, 9.17) is 0 Å². The van der Waals surface area contributed by atoms with E-state index in [0.29, 0.717) is 29.1 Å². The second-order valence-corrected chi connectivity index (χ2v) is 19.3. The highest BCUT2D eigenvalue weighted by Crippen LogP contribution is 2.73. The standard InChI is InChI=1S/C39H70O3/c1-23-13-18-29(28-16-14-27(15-17-28)12-11-19-36(5,6)7)30-21-37(8)22-38(9)20-24(2)31(26(4)40)35(42)39(38,10)25(3)33(37)34(41)32(23)30/h23-35,40-42H,11-22H2,1-10H3. The average molecular weight is 587 g/mol. The Kier molecular flexibility index (Phi) is 9.18. The summed E-state index contributed by atoms with van der Waals surface area (Å²) in [7, 11) is 0. The fourth-order valence-corrected chi connectivity index (χ4v) is 13.5. The maximum atomic E-state index is 12.5. The molecule has 5 aliphatic carbocycles. The van der Waals surface area contributed by atoms with Gasteiger partial charge in [-0.2, -0.15) is 0 Å². The molecule has 0 aromatic rings. The summed E-state index contributed by atoms with van der Waals surface area (Å²) in [6.45, 7) is 23.4. The molecular formula is C39H70O3. The Bertz CT molecular complexity index is 930. The van der Waals surface area contributed by atoms with Gasteiger partial charge in [0.05, 0.1) is 18.3 Å². The molecule has 244 valence electrons. The molecule has 0 heterocycles. The van der Waals surface area contributed by atoms with Crippen LogP contribution in [0.4, 0.5) is 0 Å². The summed E-state index contributed by atoms with van der Waals surface area (Å²) in [5.74, 6) is 4.82. The molecular weight excluding hydrogens is 516 g/mol. The summed E-state index contributed by atoms with van der Waals surface area (Å²) in [6, 6.07) is 0. The van der Waals surface area contributed by atoms with Gasteiger partial charge < -0.3 is 15.3 Å². The molecule has 0 saturated heterocycles. The Labute approximate surface area is 260 Å². The Hall–Kier alpha value is -0.120. The van der Waals surface area contributed by atoms with E-state index in [1.54, 1.807) is 0 Å². The lowest BCUT2D eigenvalue weighted by atomic mass is 9.34. The predicted octanol–water partition coefficient (Wildman–Crippen LogP) is 9.12. The minimum atomic E-state index is -0.536. The summed E-state index contributed by atoms with van der Waals surface area (Å²) in [4.78, 5) is 0. The van der Waals surface area contributed by atoms with Crippen LogP contribution in [-0.2, 0) is 0 Å². The van der Waals surface area contributed by atoms with Crippen LogP contribution in [0.3, 0.4) is 0 Å². The monoisotopic (exact) mass is 587 g/mol. The maximum absolute atomic E-state index is 12.5. The predicted molar refractivity (Wildman–Crippen MR) is 175 cm³/mol. The van der Waals surface area contributed by atoms with Crippen molar-refractivity contribution in [3.8, 4) is 0 Å². The van der Waals surface area contributed by atoms with Gasteiger partial charge >= 0.3 is 0 Å². The zero-order chi connectivity index (χ0) is 31.0. The Balaban J connectivity index is 1.36. The number of hydrogen-bond acceptors (Lipinski definition) is 3. The van der Waals surface area contributed by atoms with E-state index in [-0.39, 0.29) is 40.1 Å². The molecule has 42 heavy (non-hydrogen) atoms. The van der Waals surface area contributed by atoms with Crippen molar-refractivity contribution in [1.82, 2.24) is 0 Å². The zero-order valence-corrected chi connectivity index (χ0v) is 29.3. The fraction of sp³-hybridized carbons (Fsp3) is 1.00. The highest BCUT2D eigenvalue weighted by molar-refractivity contribution is 5.18.